The zero-order chi connectivity index (χ0) is 30.5. The number of amides is 2. The van der Waals surface area contributed by atoms with Crippen LogP contribution in [0.3, 0.4) is 0 Å². The van der Waals surface area contributed by atoms with Gasteiger partial charge in [0, 0.05) is 21.4 Å². The second kappa shape index (κ2) is 13.1. The quantitative estimate of drug-likeness (QED) is 0.187. The lowest BCUT2D eigenvalue weighted by atomic mass is 9.82. The van der Waals surface area contributed by atoms with Crippen molar-refractivity contribution in [3.8, 4) is 0 Å². The van der Waals surface area contributed by atoms with Gasteiger partial charge in [-0.1, -0.05) is 42.7 Å². The van der Waals surface area contributed by atoms with E-state index in [0.717, 1.165) is 11.8 Å². The number of ether oxygens (including phenoxy) is 2. The predicted molar refractivity (Wildman–Crippen MR) is 155 cm³/mol. The van der Waals surface area contributed by atoms with Crippen LogP contribution in [0.25, 0.3) is 10.4 Å². The Kier molecular flexibility index (Phi) is 10.2. The highest BCUT2D eigenvalue weighted by atomic mass is 35.5. The molecule has 10 nitrogen and oxygen atoms in total. The average Bonchev–Trinajstić information content (AvgIpc) is 3.17. The van der Waals surface area contributed by atoms with Crippen molar-refractivity contribution in [3.05, 3.63) is 69.1 Å². The monoisotopic (exact) mass is 588 g/mol. The lowest BCUT2D eigenvalue weighted by Gasteiger charge is -2.35. The highest BCUT2D eigenvalue weighted by Crippen LogP contribution is 2.34. The van der Waals surface area contributed by atoms with Gasteiger partial charge < -0.3 is 14.8 Å². The maximum absolute atomic E-state index is 15.1. The molecule has 1 unspecified atom stereocenters. The Hall–Kier alpha value is -3.40. The SMILES string of the molecule is CC(C)[C@H](c1ccc(Cl)cc1)[C@@H](N=[N+]=[N-])C(=O)Nc1cncc(F)c1CCC1COC(C)(C)N1C(=O)OC(C)(C)C. The number of halogens is 2. The number of rotatable bonds is 9. The Labute approximate surface area is 245 Å². The molecule has 0 spiro atoms. The fourth-order valence-corrected chi connectivity index (χ4v) is 5.20. The van der Waals surface area contributed by atoms with Crippen molar-refractivity contribution < 1.29 is 23.5 Å². The van der Waals surface area contributed by atoms with Crippen molar-refractivity contribution in [1.29, 1.82) is 0 Å². The minimum atomic E-state index is -1.12. The van der Waals surface area contributed by atoms with Gasteiger partial charge in [-0.15, -0.1) is 0 Å². The van der Waals surface area contributed by atoms with Crippen molar-refractivity contribution in [2.45, 2.75) is 90.6 Å². The van der Waals surface area contributed by atoms with Gasteiger partial charge in [0.1, 0.15) is 23.2 Å². The van der Waals surface area contributed by atoms with Crippen LogP contribution in [0, 0.1) is 11.7 Å². The lowest BCUT2D eigenvalue weighted by Crippen LogP contribution is -2.50. The van der Waals surface area contributed by atoms with Gasteiger partial charge in [-0.3, -0.25) is 14.7 Å². The molecule has 2 amide bonds. The summed E-state index contributed by atoms with van der Waals surface area (Å²) in [6, 6.07) is 5.49. The Bertz CT molecular complexity index is 1290. The molecule has 2 heterocycles. The average molecular weight is 589 g/mol. The molecule has 3 rings (SSSR count). The molecule has 1 aromatic heterocycles. The largest absolute Gasteiger partial charge is 0.444 e. The Morgan fingerprint density at radius 1 is 1.29 bits per heavy atom. The van der Waals surface area contributed by atoms with Crippen LogP contribution in [-0.4, -0.2) is 51.9 Å². The van der Waals surface area contributed by atoms with Crippen molar-refractivity contribution in [1.82, 2.24) is 9.88 Å². The number of benzene rings is 1. The summed E-state index contributed by atoms with van der Waals surface area (Å²) in [6.45, 7) is 13.0. The van der Waals surface area contributed by atoms with Crippen molar-refractivity contribution in [2.24, 2.45) is 11.0 Å². The molecule has 1 fully saturated rings. The number of hydrogen-bond acceptors (Lipinski definition) is 6. The number of azide groups is 1. The number of nitrogens with one attached hydrogen (secondary N) is 1. The minimum Gasteiger partial charge on any atom is -0.444 e. The van der Waals surface area contributed by atoms with Crippen LogP contribution in [0.15, 0.2) is 41.8 Å². The third-order valence-electron chi connectivity index (χ3n) is 6.91. The second-order valence-corrected chi connectivity index (χ2v) is 12.3. The van der Waals surface area contributed by atoms with Gasteiger partial charge >= 0.3 is 6.09 Å². The van der Waals surface area contributed by atoms with Gasteiger partial charge in [0.05, 0.1) is 30.7 Å². The van der Waals surface area contributed by atoms with E-state index in [1.54, 1.807) is 58.9 Å². The summed E-state index contributed by atoms with van der Waals surface area (Å²) in [5, 5.41) is 7.10. The molecule has 0 saturated carbocycles. The Morgan fingerprint density at radius 3 is 2.54 bits per heavy atom. The number of anilines is 1. The topological polar surface area (TPSA) is 130 Å². The molecule has 1 aromatic carbocycles. The summed E-state index contributed by atoms with van der Waals surface area (Å²) >= 11 is 6.05. The van der Waals surface area contributed by atoms with E-state index in [2.05, 4.69) is 20.3 Å². The number of nitrogens with zero attached hydrogens (tertiary/aromatic N) is 5. The fourth-order valence-electron chi connectivity index (χ4n) is 5.08. The van der Waals surface area contributed by atoms with Crippen LogP contribution in [-0.2, 0) is 20.7 Å². The number of hydrogen-bond donors (Lipinski definition) is 1. The van der Waals surface area contributed by atoms with Crippen LogP contribution in [0.1, 0.15) is 71.9 Å². The van der Waals surface area contributed by atoms with Crippen molar-refractivity contribution in [3.63, 3.8) is 0 Å². The summed E-state index contributed by atoms with van der Waals surface area (Å²) in [7, 11) is 0. The van der Waals surface area contributed by atoms with E-state index in [1.807, 2.05) is 13.8 Å². The number of pyridine rings is 1. The molecule has 0 radical (unpaired) electrons. The van der Waals surface area contributed by atoms with E-state index in [-0.39, 0.29) is 36.2 Å². The van der Waals surface area contributed by atoms with E-state index in [1.165, 1.54) is 11.1 Å². The molecule has 1 saturated heterocycles. The summed E-state index contributed by atoms with van der Waals surface area (Å²) < 4.78 is 26.6. The third kappa shape index (κ3) is 8.09. The van der Waals surface area contributed by atoms with Gasteiger partial charge in [-0.05, 0) is 76.6 Å². The van der Waals surface area contributed by atoms with E-state index in [9.17, 15) is 15.1 Å². The van der Waals surface area contributed by atoms with E-state index < -0.39 is 41.1 Å². The highest BCUT2D eigenvalue weighted by molar-refractivity contribution is 6.30. The van der Waals surface area contributed by atoms with Crippen LogP contribution in [0.4, 0.5) is 14.9 Å². The maximum atomic E-state index is 15.1. The molecule has 1 aliphatic rings. The first-order valence-electron chi connectivity index (χ1n) is 13.5. The number of aromatic nitrogens is 1. The van der Waals surface area contributed by atoms with E-state index >= 15 is 4.39 Å². The third-order valence-corrected chi connectivity index (χ3v) is 7.16. The first-order valence-corrected chi connectivity index (χ1v) is 13.9. The number of carbonyl (C=O) groups excluding carboxylic acids is 2. The molecular formula is C29H38ClFN6O4. The van der Waals surface area contributed by atoms with Gasteiger partial charge in [-0.2, -0.15) is 0 Å². The van der Waals surface area contributed by atoms with Crippen LogP contribution in [0.5, 0.6) is 0 Å². The molecule has 1 N–H and O–H groups in total. The van der Waals surface area contributed by atoms with Crippen LogP contribution >= 0.6 is 11.6 Å². The normalized spacial score (nSPS) is 18.0. The summed E-state index contributed by atoms with van der Waals surface area (Å²) in [5.41, 5.74) is 8.84. The minimum absolute atomic E-state index is 0.0768. The lowest BCUT2D eigenvalue weighted by molar-refractivity contribution is -0.118. The van der Waals surface area contributed by atoms with Crippen LogP contribution in [0.2, 0.25) is 5.02 Å². The first-order chi connectivity index (χ1) is 19.1. The second-order valence-electron chi connectivity index (χ2n) is 11.9. The Morgan fingerprint density at radius 2 is 1.95 bits per heavy atom. The molecule has 222 valence electrons. The van der Waals surface area contributed by atoms with Gasteiger partial charge in [-0.25, -0.2) is 9.18 Å². The maximum Gasteiger partial charge on any atom is 0.412 e. The Balaban J connectivity index is 1.85. The highest BCUT2D eigenvalue weighted by Gasteiger charge is 2.45. The molecule has 1 aliphatic heterocycles. The van der Waals surface area contributed by atoms with E-state index in [4.69, 9.17) is 21.1 Å². The first kappa shape index (κ1) is 32.1. The van der Waals surface area contributed by atoms with Gasteiger partial charge in [0.2, 0.25) is 5.91 Å². The van der Waals surface area contributed by atoms with E-state index in [0.29, 0.717) is 11.4 Å². The molecule has 0 aliphatic carbocycles. The van der Waals surface area contributed by atoms with Crippen LogP contribution < -0.4 is 5.32 Å². The molecule has 41 heavy (non-hydrogen) atoms. The molecule has 2 aromatic rings. The number of carbonyl (C=O) groups is 2. The standard InChI is InChI=1S/C29H38ClFN6O4/c1-17(2)24(18-8-10-19(30)11-9-18)25(35-36-32)26(38)34-23-15-33-14-22(31)21(23)13-12-20-16-40-29(6,7)37(20)27(39)41-28(3,4)5/h8-11,14-15,17,20,24-25H,12-13,16H2,1-7H3,(H,34,38)/t20?,24-,25-/m1/s1. The predicted octanol–water partition coefficient (Wildman–Crippen LogP) is 7.24. The van der Waals surface area contributed by atoms with Crippen molar-refractivity contribution >= 4 is 29.3 Å². The smallest absolute Gasteiger partial charge is 0.412 e. The molecule has 0 bridgehead atoms. The molecule has 12 heteroatoms. The van der Waals surface area contributed by atoms with Gasteiger partial charge in [0.25, 0.3) is 0 Å². The summed E-state index contributed by atoms with van der Waals surface area (Å²) in [5.74, 6) is -1.74. The van der Waals surface area contributed by atoms with Gasteiger partial charge in [0.15, 0.2) is 0 Å². The summed E-state index contributed by atoms with van der Waals surface area (Å²) in [6.07, 6.45) is 2.42. The zero-order valence-electron chi connectivity index (χ0n) is 24.5. The van der Waals surface area contributed by atoms with Crippen molar-refractivity contribution in [2.75, 3.05) is 11.9 Å². The zero-order valence-corrected chi connectivity index (χ0v) is 25.3. The molecule has 3 atom stereocenters. The molecular weight excluding hydrogens is 551 g/mol. The fraction of sp³-hybridized carbons (Fsp3) is 0.552. The summed E-state index contributed by atoms with van der Waals surface area (Å²) in [4.78, 5) is 34.9.